The summed E-state index contributed by atoms with van der Waals surface area (Å²) in [6.07, 6.45) is -3.44. The third-order valence-corrected chi connectivity index (χ3v) is 3.79. The molecule has 0 saturated heterocycles. The molecule has 90 valence electrons. The van der Waals surface area contributed by atoms with Gasteiger partial charge in [0.05, 0.1) is 10.6 Å². The number of thiol groups is 1. The van der Waals surface area contributed by atoms with Gasteiger partial charge in [-0.1, -0.05) is 6.92 Å². The number of rotatable bonds is 4. The van der Waals surface area contributed by atoms with Crippen LogP contribution in [0.15, 0.2) is 23.4 Å². The number of nitrogens with zero attached hydrogens (tertiary/aromatic N) is 1. The van der Waals surface area contributed by atoms with E-state index < -0.39 is 11.7 Å². The molecule has 1 heterocycles. The Labute approximate surface area is 102 Å². The molecule has 0 spiro atoms. The second-order valence-electron chi connectivity index (χ2n) is 3.48. The van der Waals surface area contributed by atoms with Crippen molar-refractivity contribution in [3.63, 3.8) is 0 Å². The summed E-state index contributed by atoms with van der Waals surface area (Å²) in [6, 6.07) is 2.46. The molecule has 0 aliphatic heterocycles. The Bertz CT molecular complexity index is 324. The van der Waals surface area contributed by atoms with E-state index in [1.807, 2.05) is 6.92 Å². The van der Waals surface area contributed by atoms with Gasteiger partial charge in [-0.2, -0.15) is 25.8 Å². The maximum atomic E-state index is 12.2. The van der Waals surface area contributed by atoms with E-state index in [0.717, 1.165) is 23.8 Å². The molecule has 0 amide bonds. The molecule has 0 aliphatic carbocycles. The number of thioether (sulfide) groups is 1. The van der Waals surface area contributed by atoms with Gasteiger partial charge in [0.2, 0.25) is 0 Å². The fourth-order valence-corrected chi connectivity index (χ4v) is 2.08. The highest BCUT2D eigenvalue weighted by atomic mass is 32.2. The van der Waals surface area contributed by atoms with Crippen molar-refractivity contribution in [1.82, 2.24) is 4.98 Å². The highest BCUT2D eigenvalue weighted by Crippen LogP contribution is 2.29. The van der Waals surface area contributed by atoms with Gasteiger partial charge in [0.1, 0.15) is 0 Å². The first kappa shape index (κ1) is 13.7. The molecule has 16 heavy (non-hydrogen) atoms. The van der Waals surface area contributed by atoms with Crippen LogP contribution in [0.1, 0.15) is 12.5 Å². The molecule has 0 bridgehead atoms. The van der Waals surface area contributed by atoms with Gasteiger partial charge in [0, 0.05) is 11.9 Å². The standard InChI is InChI=1S/C10H12F3NS2/c1-7(5-15)6-16-9-3-2-8(4-14-9)10(11,12)13/h2-4,7,15H,5-6H2,1H3. The average Bonchev–Trinajstić information content (AvgIpc) is 2.25. The molecule has 0 aliphatic rings. The first-order valence-corrected chi connectivity index (χ1v) is 6.32. The van der Waals surface area contributed by atoms with Crippen LogP contribution in [0, 0.1) is 5.92 Å². The predicted octanol–water partition coefficient (Wildman–Crippen LogP) is 3.76. The highest BCUT2D eigenvalue weighted by molar-refractivity contribution is 7.99. The summed E-state index contributed by atoms with van der Waals surface area (Å²) in [5.41, 5.74) is -0.709. The second kappa shape index (κ2) is 5.82. The van der Waals surface area contributed by atoms with Crippen LogP contribution in [0.2, 0.25) is 0 Å². The van der Waals surface area contributed by atoms with Crippen LogP contribution < -0.4 is 0 Å². The van der Waals surface area contributed by atoms with E-state index in [4.69, 9.17) is 0 Å². The highest BCUT2D eigenvalue weighted by Gasteiger charge is 2.30. The minimum Gasteiger partial charge on any atom is -0.249 e. The summed E-state index contributed by atoms with van der Waals surface area (Å²) in [7, 11) is 0. The van der Waals surface area contributed by atoms with Crippen LogP contribution in [-0.2, 0) is 6.18 Å². The Morgan fingerprint density at radius 3 is 2.56 bits per heavy atom. The fraction of sp³-hybridized carbons (Fsp3) is 0.500. The predicted molar refractivity (Wildman–Crippen MR) is 63.0 cm³/mol. The van der Waals surface area contributed by atoms with Crippen molar-refractivity contribution >= 4 is 24.4 Å². The molecule has 1 atom stereocenters. The molecule has 6 heteroatoms. The van der Waals surface area contributed by atoms with Gasteiger partial charge in [-0.15, -0.1) is 11.8 Å². The lowest BCUT2D eigenvalue weighted by Gasteiger charge is -2.08. The maximum Gasteiger partial charge on any atom is 0.417 e. The van der Waals surface area contributed by atoms with E-state index in [2.05, 4.69) is 17.6 Å². The van der Waals surface area contributed by atoms with Crippen molar-refractivity contribution in [1.29, 1.82) is 0 Å². The SMILES string of the molecule is CC(CS)CSc1ccc(C(F)(F)F)cn1. The molecule has 1 nitrogen and oxygen atoms in total. The number of aromatic nitrogens is 1. The fourth-order valence-electron chi connectivity index (χ4n) is 0.914. The van der Waals surface area contributed by atoms with Crippen LogP contribution in [0.5, 0.6) is 0 Å². The summed E-state index contributed by atoms with van der Waals surface area (Å²) in [5, 5.41) is 0.613. The first-order chi connectivity index (χ1) is 7.43. The lowest BCUT2D eigenvalue weighted by Crippen LogP contribution is -2.05. The lowest BCUT2D eigenvalue weighted by atomic mass is 10.3. The van der Waals surface area contributed by atoms with Crippen molar-refractivity contribution in [3.8, 4) is 0 Å². The molecule has 0 saturated carbocycles. The molecule has 0 radical (unpaired) electrons. The zero-order valence-corrected chi connectivity index (χ0v) is 10.4. The number of halogens is 3. The quantitative estimate of drug-likeness (QED) is 0.659. The largest absolute Gasteiger partial charge is 0.417 e. The summed E-state index contributed by atoms with van der Waals surface area (Å²) in [6.45, 7) is 2.03. The lowest BCUT2D eigenvalue weighted by molar-refractivity contribution is -0.137. The van der Waals surface area contributed by atoms with E-state index in [0.29, 0.717) is 10.9 Å². The summed E-state index contributed by atoms with van der Waals surface area (Å²) < 4.78 is 36.7. The van der Waals surface area contributed by atoms with Gasteiger partial charge >= 0.3 is 6.18 Å². The Morgan fingerprint density at radius 2 is 2.12 bits per heavy atom. The van der Waals surface area contributed by atoms with Crippen LogP contribution >= 0.6 is 24.4 Å². The van der Waals surface area contributed by atoms with Gasteiger partial charge in [-0.05, 0) is 23.8 Å². The van der Waals surface area contributed by atoms with Crippen molar-refractivity contribution in [3.05, 3.63) is 23.9 Å². The molecule has 1 rings (SSSR count). The third-order valence-electron chi connectivity index (χ3n) is 1.89. The van der Waals surface area contributed by atoms with Crippen molar-refractivity contribution in [2.75, 3.05) is 11.5 Å². The minimum atomic E-state index is -4.31. The Kier molecular flexibility index (Phi) is 4.98. The van der Waals surface area contributed by atoms with E-state index >= 15 is 0 Å². The molecule has 1 unspecified atom stereocenters. The topological polar surface area (TPSA) is 12.9 Å². The normalized spacial score (nSPS) is 13.8. The van der Waals surface area contributed by atoms with Gasteiger partial charge < -0.3 is 0 Å². The summed E-state index contributed by atoms with van der Waals surface area (Å²) in [4.78, 5) is 3.77. The molecule has 0 fully saturated rings. The van der Waals surface area contributed by atoms with Crippen LogP contribution in [0.3, 0.4) is 0 Å². The van der Waals surface area contributed by atoms with E-state index in [1.165, 1.54) is 17.8 Å². The maximum absolute atomic E-state index is 12.2. The molecular formula is C10H12F3NS2. The van der Waals surface area contributed by atoms with Crippen LogP contribution in [-0.4, -0.2) is 16.5 Å². The average molecular weight is 267 g/mol. The second-order valence-corrected chi connectivity index (χ2v) is 4.89. The zero-order chi connectivity index (χ0) is 12.2. The minimum absolute atomic E-state index is 0.414. The van der Waals surface area contributed by atoms with Crippen molar-refractivity contribution in [2.24, 2.45) is 5.92 Å². The van der Waals surface area contributed by atoms with Crippen molar-refractivity contribution < 1.29 is 13.2 Å². The van der Waals surface area contributed by atoms with E-state index in [9.17, 15) is 13.2 Å². The van der Waals surface area contributed by atoms with Crippen LogP contribution in [0.25, 0.3) is 0 Å². The van der Waals surface area contributed by atoms with Crippen LogP contribution in [0.4, 0.5) is 13.2 Å². The van der Waals surface area contributed by atoms with E-state index in [1.54, 1.807) is 0 Å². The molecule has 0 aromatic carbocycles. The van der Waals surface area contributed by atoms with Gasteiger partial charge in [-0.3, -0.25) is 0 Å². The monoisotopic (exact) mass is 267 g/mol. The van der Waals surface area contributed by atoms with Gasteiger partial charge in [0.15, 0.2) is 0 Å². The summed E-state index contributed by atoms with van der Waals surface area (Å²) >= 11 is 5.58. The van der Waals surface area contributed by atoms with Gasteiger partial charge in [-0.25, -0.2) is 4.98 Å². The van der Waals surface area contributed by atoms with Crippen molar-refractivity contribution in [2.45, 2.75) is 18.1 Å². The molecular weight excluding hydrogens is 255 g/mol. The zero-order valence-electron chi connectivity index (χ0n) is 8.66. The third kappa shape index (κ3) is 4.25. The Balaban J connectivity index is 2.58. The molecule has 1 aromatic rings. The number of alkyl halides is 3. The first-order valence-electron chi connectivity index (χ1n) is 4.70. The number of hydrogen-bond donors (Lipinski definition) is 1. The van der Waals surface area contributed by atoms with E-state index in [-0.39, 0.29) is 0 Å². The Morgan fingerprint density at radius 1 is 1.44 bits per heavy atom. The smallest absolute Gasteiger partial charge is 0.249 e. The van der Waals surface area contributed by atoms with Gasteiger partial charge in [0.25, 0.3) is 0 Å². The number of pyridine rings is 1. The molecule has 0 N–H and O–H groups in total. The molecule has 1 aromatic heterocycles. The number of hydrogen-bond acceptors (Lipinski definition) is 3. The summed E-state index contributed by atoms with van der Waals surface area (Å²) in [5.74, 6) is 1.98. The Hall–Kier alpha value is -0.360.